The molecule has 1 heterocycles. The first-order chi connectivity index (χ1) is 31.8. The molecular weight excluding hydrogens is 821 g/mol. The van der Waals surface area contributed by atoms with Crippen molar-refractivity contribution in [1.29, 1.82) is 0 Å². The van der Waals surface area contributed by atoms with Crippen LogP contribution in [0.1, 0.15) is 194 Å². The van der Waals surface area contributed by atoms with Crippen molar-refractivity contribution in [3.05, 3.63) is 85.1 Å². The predicted octanol–water partition coefficient (Wildman–Crippen LogP) is 12.1. The van der Waals surface area contributed by atoms with E-state index in [4.69, 9.17) is 18.9 Å². The summed E-state index contributed by atoms with van der Waals surface area (Å²) in [5, 5.41) is 40.2. The number of hydrogen-bond acceptors (Lipinski definition) is 10. The van der Waals surface area contributed by atoms with Gasteiger partial charge in [-0.3, -0.25) is 9.59 Å². The molecule has 10 heteroatoms. The van der Waals surface area contributed by atoms with Crippen LogP contribution in [0.4, 0.5) is 0 Å². The number of carbonyl (C=O) groups is 2. The van der Waals surface area contributed by atoms with Gasteiger partial charge in [-0.15, -0.1) is 0 Å². The van der Waals surface area contributed by atoms with Crippen LogP contribution in [0.25, 0.3) is 0 Å². The van der Waals surface area contributed by atoms with Gasteiger partial charge >= 0.3 is 11.9 Å². The molecule has 0 radical (unpaired) electrons. The summed E-state index contributed by atoms with van der Waals surface area (Å²) in [6.07, 6.45) is 51.9. The van der Waals surface area contributed by atoms with E-state index in [9.17, 15) is 30.0 Å². The van der Waals surface area contributed by atoms with Crippen molar-refractivity contribution in [3.8, 4) is 0 Å². The van der Waals surface area contributed by atoms with Crippen LogP contribution in [0.5, 0.6) is 0 Å². The highest BCUT2D eigenvalue weighted by molar-refractivity contribution is 5.70. The van der Waals surface area contributed by atoms with E-state index in [0.717, 1.165) is 57.8 Å². The van der Waals surface area contributed by atoms with Gasteiger partial charge in [-0.05, 0) is 83.5 Å². The molecule has 4 N–H and O–H groups in total. The number of aliphatic hydroxyl groups is 4. The Bertz CT molecular complexity index is 1330. The summed E-state index contributed by atoms with van der Waals surface area (Å²) >= 11 is 0. The Morgan fingerprint density at radius 1 is 0.492 bits per heavy atom. The van der Waals surface area contributed by atoms with Crippen molar-refractivity contribution < 1.29 is 49.0 Å². The van der Waals surface area contributed by atoms with Crippen molar-refractivity contribution in [3.63, 3.8) is 0 Å². The molecule has 10 nitrogen and oxygen atoms in total. The smallest absolute Gasteiger partial charge is 0.306 e. The van der Waals surface area contributed by atoms with E-state index in [2.05, 4.69) is 92.8 Å². The van der Waals surface area contributed by atoms with Gasteiger partial charge in [0.2, 0.25) is 0 Å². The number of ether oxygens (including phenoxy) is 4. The van der Waals surface area contributed by atoms with Crippen molar-refractivity contribution in [2.45, 2.75) is 230 Å². The third-order valence-electron chi connectivity index (χ3n) is 11.2. The number of unbranched alkanes of at least 4 members (excludes halogenated alkanes) is 17. The molecule has 0 saturated carbocycles. The Labute approximate surface area is 395 Å². The third kappa shape index (κ3) is 35.7. The lowest BCUT2D eigenvalue weighted by Gasteiger charge is -2.39. The van der Waals surface area contributed by atoms with Gasteiger partial charge in [-0.2, -0.15) is 0 Å². The monoisotopic (exact) mass is 913 g/mol. The Hall–Kier alpha value is -3.12. The van der Waals surface area contributed by atoms with E-state index in [1.54, 1.807) is 0 Å². The maximum Gasteiger partial charge on any atom is 0.306 e. The molecule has 6 atom stereocenters. The van der Waals surface area contributed by atoms with Crippen LogP contribution in [0, 0.1) is 0 Å². The summed E-state index contributed by atoms with van der Waals surface area (Å²) in [7, 11) is 0. The van der Waals surface area contributed by atoms with Crippen LogP contribution < -0.4 is 0 Å². The lowest BCUT2D eigenvalue weighted by atomic mass is 9.99. The molecule has 0 bridgehead atoms. The number of allylic oxidation sites excluding steroid dienone is 14. The topological polar surface area (TPSA) is 152 Å². The van der Waals surface area contributed by atoms with Gasteiger partial charge in [0.25, 0.3) is 0 Å². The summed E-state index contributed by atoms with van der Waals surface area (Å²) in [5.74, 6) is -0.928. The number of hydrogen-bond donors (Lipinski definition) is 4. The SMILES string of the molecule is CC/C=C/C/C=C/C/C=C/C/C=C/C/C=C/CCCC(=O)O[C@@H](COC(=O)CCC/C=C/CC/C=C/CCCCCCCCCCCCCCCC)CO[C@H]1O[C@@H](CO)[C@@H](O)C(O)C1O. The first-order valence-electron chi connectivity index (χ1n) is 25.7. The van der Waals surface area contributed by atoms with Crippen molar-refractivity contribution >= 4 is 11.9 Å². The minimum atomic E-state index is -1.62. The first kappa shape index (κ1) is 59.9. The van der Waals surface area contributed by atoms with Crippen molar-refractivity contribution in [2.75, 3.05) is 19.8 Å². The minimum Gasteiger partial charge on any atom is -0.462 e. The van der Waals surface area contributed by atoms with Crippen molar-refractivity contribution in [2.24, 2.45) is 0 Å². The van der Waals surface area contributed by atoms with Crippen LogP contribution in [-0.2, 0) is 28.5 Å². The molecule has 0 aliphatic carbocycles. The van der Waals surface area contributed by atoms with Gasteiger partial charge in [0, 0.05) is 12.8 Å². The molecule has 1 aliphatic rings. The van der Waals surface area contributed by atoms with Gasteiger partial charge in [-0.25, -0.2) is 0 Å². The van der Waals surface area contributed by atoms with Crippen LogP contribution in [0.3, 0.4) is 0 Å². The summed E-state index contributed by atoms with van der Waals surface area (Å²) in [6.45, 7) is 3.22. The zero-order valence-corrected chi connectivity index (χ0v) is 40.7. The highest BCUT2D eigenvalue weighted by Crippen LogP contribution is 2.22. The second-order valence-corrected chi connectivity index (χ2v) is 17.2. The predicted molar refractivity (Wildman–Crippen MR) is 265 cm³/mol. The fourth-order valence-corrected chi connectivity index (χ4v) is 7.24. The van der Waals surface area contributed by atoms with Crippen LogP contribution in [-0.4, -0.2) is 89.0 Å². The second kappa shape index (κ2) is 44.7. The summed E-state index contributed by atoms with van der Waals surface area (Å²) in [5.41, 5.74) is 0. The van der Waals surface area contributed by atoms with Gasteiger partial charge < -0.3 is 39.4 Å². The molecule has 1 rings (SSSR count). The zero-order valence-electron chi connectivity index (χ0n) is 40.7. The minimum absolute atomic E-state index is 0.139. The van der Waals surface area contributed by atoms with Gasteiger partial charge in [-0.1, -0.05) is 182 Å². The molecule has 1 aliphatic heterocycles. The number of carbonyl (C=O) groups excluding carboxylic acids is 2. The first-order valence-corrected chi connectivity index (χ1v) is 25.7. The molecule has 2 unspecified atom stereocenters. The van der Waals surface area contributed by atoms with Gasteiger partial charge in [0.1, 0.15) is 31.0 Å². The molecule has 372 valence electrons. The average Bonchev–Trinajstić information content (AvgIpc) is 3.30. The van der Waals surface area contributed by atoms with Crippen LogP contribution in [0.2, 0.25) is 0 Å². The Balaban J connectivity index is 2.32. The number of esters is 2. The van der Waals surface area contributed by atoms with E-state index in [1.165, 1.54) is 89.9 Å². The largest absolute Gasteiger partial charge is 0.462 e. The molecular formula is C55H92O10. The van der Waals surface area contributed by atoms with E-state index in [-0.39, 0.29) is 26.1 Å². The molecule has 0 spiro atoms. The van der Waals surface area contributed by atoms with Gasteiger partial charge in [0.05, 0.1) is 13.2 Å². The normalized spacial score (nSPS) is 20.0. The third-order valence-corrected chi connectivity index (χ3v) is 11.2. The zero-order chi connectivity index (χ0) is 47.3. The highest BCUT2D eigenvalue weighted by Gasteiger charge is 2.44. The summed E-state index contributed by atoms with van der Waals surface area (Å²) in [4.78, 5) is 25.4. The van der Waals surface area contributed by atoms with Gasteiger partial charge in [0.15, 0.2) is 12.4 Å². The fourth-order valence-electron chi connectivity index (χ4n) is 7.24. The fraction of sp³-hybridized carbons (Fsp3) is 0.709. The molecule has 0 aromatic rings. The van der Waals surface area contributed by atoms with E-state index < -0.39 is 55.4 Å². The summed E-state index contributed by atoms with van der Waals surface area (Å²) in [6, 6.07) is 0. The Kier molecular flexibility index (Phi) is 41.2. The maximum absolute atomic E-state index is 12.8. The lowest BCUT2D eigenvalue weighted by Crippen LogP contribution is -2.59. The number of rotatable bonds is 42. The quantitative estimate of drug-likeness (QED) is 0.0265. The molecule has 0 aromatic heterocycles. The van der Waals surface area contributed by atoms with Crippen LogP contribution in [0.15, 0.2) is 85.1 Å². The average molecular weight is 913 g/mol. The molecule has 1 fully saturated rings. The standard InChI is InChI=1S/C55H92O10/c1-3-5-7-9-11-13-15-17-19-21-22-23-24-25-26-28-29-31-33-35-37-39-41-43-50(57)62-46-48(47-63-55-54(61)53(60)52(59)49(45-56)65-55)64-51(58)44-42-40-38-36-34-32-30-27-20-18-16-14-12-10-8-6-4-2/h6,8,12,14,18,20,28-30,32,35-38,48-49,52-56,59-61H,3-5,7,9-11,13,15-17,19,21-27,31,33-34,39-47H2,1-2H3/b8-6+,14-12+,20-18+,29-28+,32-30+,37-35+,38-36+/t48-,49-,52+,53?,54?,55-/m0/s1. The molecule has 0 amide bonds. The molecule has 65 heavy (non-hydrogen) atoms. The summed E-state index contributed by atoms with van der Waals surface area (Å²) < 4.78 is 22.1. The Morgan fingerprint density at radius 3 is 1.43 bits per heavy atom. The number of aliphatic hydroxyl groups excluding tert-OH is 4. The van der Waals surface area contributed by atoms with E-state index in [1.807, 2.05) is 6.08 Å². The van der Waals surface area contributed by atoms with Crippen LogP contribution >= 0.6 is 0 Å². The van der Waals surface area contributed by atoms with Crippen molar-refractivity contribution in [1.82, 2.24) is 0 Å². The lowest BCUT2D eigenvalue weighted by molar-refractivity contribution is -0.305. The molecule has 0 aromatic carbocycles. The highest BCUT2D eigenvalue weighted by atomic mass is 16.7. The Morgan fingerprint density at radius 2 is 0.923 bits per heavy atom. The van der Waals surface area contributed by atoms with E-state index >= 15 is 0 Å². The van der Waals surface area contributed by atoms with E-state index in [0.29, 0.717) is 19.3 Å². The second-order valence-electron chi connectivity index (χ2n) is 17.2. The molecule has 1 saturated heterocycles. The maximum atomic E-state index is 12.8.